The molecule has 3 nitrogen and oxygen atoms in total. The maximum Gasteiger partial charge on any atom is 0.407 e. The first-order valence-corrected chi connectivity index (χ1v) is 4.54. The molecule has 16 heavy (non-hydrogen) atoms. The number of halogens is 4. The fourth-order valence-electron chi connectivity index (χ4n) is 1.12. The number of methoxy groups -OCH3 is 1. The van der Waals surface area contributed by atoms with E-state index in [0.29, 0.717) is 0 Å². The first-order chi connectivity index (χ1) is 7.27. The molecule has 0 spiro atoms. The molecule has 1 atom stereocenters. The molecule has 0 saturated carbocycles. The number of hydrogen-bond acceptors (Lipinski definition) is 3. The number of ether oxygens (including phenoxy) is 1. The van der Waals surface area contributed by atoms with E-state index in [9.17, 15) is 18.3 Å². The van der Waals surface area contributed by atoms with Crippen molar-refractivity contribution in [3.63, 3.8) is 0 Å². The van der Waals surface area contributed by atoms with Crippen LogP contribution in [-0.2, 0) is 0 Å². The van der Waals surface area contributed by atoms with E-state index in [1.807, 2.05) is 0 Å². The van der Waals surface area contributed by atoms with Gasteiger partial charge in [-0.1, -0.05) is 11.6 Å². The van der Waals surface area contributed by atoms with Crippen LogP contribution in [-0.4, -0.2) is 18.4 Å². The van der Waals surface area contributed by atoms with Crippen molar-refractivity contribution < 1.29 is 23.0 Å². The molecule has 0 heterocycles. The lowest BCUT2D eigenvalue weighted by Gasteiger charge is -2.17. The summed E-state index contributed by atoms with van der Waals surface area (Å²) in [5, 5.41) is 9.09. The molecule has 1 rings (SSSR count). The zero-order valence-corrected chi connectivity index (χ0v) is 8.93. The lowest BCUT2D eigenvalue weighted by Crippen LogP contribution is -2.28. The molecular formula is C9H9ClF3NO2. The molecule has 1 aromatic rings. The van der Waals surface area contributed by atoms with Gasteiger partial charge in [0.15, 0.2) is 11.5 Å². The second-order valence-corrected chi connectivity index (χ2v) is 3.48. The summed E-state index contributed by atoms with van der Waals surface area (Å²) in [5.74, 6) is -0.565. The third-order valence-corrected chi connectivity index (χ3v) is 2.27. The van der Waals surface area contributed by atoms with Gasteiger partial charge < -0.3 is 15.6 Å². The molecule has 0 aliphatic heterocycles. The molecule has 0 fully saturated rings. The van der Waals surface area contributed by atoms with Gasteiger partial charge in [-0.3, -0.25) is 0 Å². The van der Waals surface area contributed by atoms with E-state index >= 15 is 0 Å². The molecule has 0 aliphatic rings. The zero-order valence-electron chi connectivity index (χ0n) is 8.18. The van der Waals surface area contributed by atoms with Crippen LogP contribution in [0.15, 0.2) is 12.1 Å². The van der Waals surface area contributed by atoms with Crippen molar-refractivity contribution >= 4 is 11.6 Å². The van der Waals surface area contributed by atoms with Crippen molar-refractivity contribution in [1.82, 2.24) is 0 Å². The third-order valence-electron chi connectivity index (χ3n) is 1.98. The van der Waals surface area contributed by atoms with Gasteiger partial charge in [0.05, 0.1) is 12.1 Å². The van der Waals surface area contributed by atoms with E-state index in [2.05, 4.69) is 4.74 Å². The standard InChI is InChI=1S/C9H9ClF3NO2/c1-16-6-3-4(2-5(10)7(6)15)8(14)9(11,12)13/h2-3,8,15H,14H2,1H3/t8-/m0/s1. The second kappa shape index (κ2) is 4.39. The van der Waals surface area contributed by atoms with Crippen molar-refractivity contribution in [3.05, 3.63) is 22.7 Å². The molecule has 0 radical (unpaired) electrons. The average Bonchev–Trinajstić information content (AvgIpc) is 2.19. The molecule has 0 amide bonds. The van der Waals surface area contributed by atoms with E-state index in [1.54, 1.807) is 0 Å². The van der Waals surface area contributed by atoms with Gasteiger partial charge in [0.25, 0.3) is 0 Å². The molecule has 0 bridgehead atoms. The van der Waals surface area contributed by atoms with Crippen LogP contribution in [0.2, 0.25) is 5.02 Å². The lowest BCUT2D eigenvalue weighted by atomic mass is 10.1. The van der Waals surface area contributed by atoms with Crippen LogP contribution < -0.4 is 10.5 Å². The van der Waals surface area contributed by atoms with E-state index in [4.69, 9.17) is 17.3 Å². The Morgan fingerprint density at radius 1 is 1.44 bits per heavy atom. The summed E-state index contributed by atoms with van der Waals surface area (Å²) < 4.78 is 41.7. The highest BCUT2D eigenvalue weighted by Crippen LogP contribution is 2.39. The van der Waals surface area contributed by atoms with Crippen molar-refractivity contribution in [2.75, 3.05) is 7.11 Å². The Morgan fingerprint density at radius 3 is 2.44 bits per heavy atom. The number of phenolic OH excluding ortho intramolecular Hbond substituents is 1. The normalized spacial score (nSPS) is 13.6. The van der Waals surface area contributed by atoms with Crippen molar-refractivity contribution in [2.45, 2.75) is 12.2 Å². The van der Waals surface area contributed by atoms with Crippen LogP contribution >= 0.6 is 11.6 Å². The maximum atomic E-state index is 12.3. The summed E-state index contributed by atoms with van der Waals surface area (Å²) in [6.07, 6.45) is -4.58. The van der Waals surface area contributed by atoms with Gasteiger partial charge in [-0.25, -0.2) is 0 Å². The number of aromatic hydroxyl groups is 1. The maximum absolute atomic E-state index is 12.3. The number of rotatable bonds is 2. The van der Waals surface area contributed by atoms with E-state index in [-0.39, 0.29) is 16.3 Å². The fourth-order valence-corrected chi connectivity index (χ4v) is 1.34. The van der Waals surface area contributed by atoms with Crippen LogP contribution in [0.25, 0.3) is 0 Å². The van der Waals surface area contributed by atoms with Gasteiger partial charge in [-0.15, -0.1) is 0 Å². The third kappa shape index (κ3) is 2.51. The molecule has 0 saturated heterocycles. The van der Waals surface area contributed by atoms with Crippen molar-refractivity contribution in [2.24, 2.45) is 5.73 Å². The summed E-state index contributed by atoms with van der Waals surface area (Å²) in [6, 6.07) is -0.212. The molecule has 0 aromatic heterocycles. The Bertz CT molecular complexity index is 395. The predicted molar refractivity (Wildman–Crippen MR) is 52.7 cm³/mol. The summed E-state index contributed by atoms with van der Waals surface area (Å²) in [7, 11) is 1.20. The van der Waals surface area contributed by atoms with Gasteiger partial charge in [-0.05, 0) is 17.7 Å². The highest BCUT2D eigenvalue weighted by molar-refractivity contribution is 6.32. The Labute approximate surface area is 94.6 Å². The van der Waals surface area contributed by atoms with Crippen LogP contribution in [0.5, 0.6) is 11.5 Å². The van der Waals surface area contributed by atoms with Gasteiger partial charge in [-0.2, -0.15) is 13.2 Å². The second-order valence-electron chi connectivity index (χ2n) is 3.07. The van der Waals surface area contributed by atoms with Crippen molar-refractivity contribution in [3.8, 4) is 11.5 Å². The first kappa shape index (κ1) is 12.9. The van der Waals surface area contributed by atoms with Crippen LogP contribution in [0.3, 0.4) is 0 Å². The highest BCUT2D eigenvalue weighted by atomic mass is 35.5. The minimum Gasteiger partial charge on any atom is -0.503 e. The number of alkyl halides is 3. The van der Waals surface area contributed by atoms with Gasteiger partial charge in [0.1, 0.15) is 6.04 Å². The van der Waals surface area contributed by atoms with Crippen molar-refractivity contribution in [1.29, 1.82) is 0 Å². The molecule has 90 valence electrons. The summed E-state index contributed by atoms with van der Waals surface area (Å²) in [6.45, 7) is 0. The molecule has 3 N–H and O–H groups in total. The summed E-state index contributed by atoms with van der Waals surface area (Å²) in [4.78, 5) is 0. The number of hydrogen-bond donors (Lipinski definition) is 2. The van der Waals surface area contributed by atoms with E-state index in [0.717, 1.165) is 12.1 Å². The smallest absolute Gasteiger partial charge is 0.407 e. The molecule has 0 unspecified atom stereocenters. The van der Waals surface area contributed by atoms with Gasteiger partial charge >= 0.3 is 6.18 Å². The SMILES string of the molecule is COc1cc([C@H](N)C(F)(F)F)cc(Cl)c1O. The monoisotopic (exact) mass is 255 g/mol. The van der Waals surface area contributed by atoms with E-state index in [1.165, 1.54) is 7.11 Å². The Morgan fingerprint density at radius 2 is 2.00 bits per heavy atom. The highest BCUT2D eigenvalue weighted by Gasteiger charge is 2.38. The summed E-state index contributed by atoms with van der Waals surface area (Å²) in [5.41, 5.74) is 4.72. The topological polar surface area (TPSA) is 55.5 Å². The number of phenols is 1. The van der Waals surface area contributed by atoms with Gasteiger partial charge in [0.2, 0.25) is 0 Å². The number of nitrogens with two attached hydrogens (primary N) is 1. The van der Waals surface area contributed by atoms with E-state index < -0.39 is 18.0 Å². The molecule has 7 heteroatoms. The molecule has 1 aromatic carbocycles. The quantitative estimate of drug-likeness (QED) is 0.854. The zero-order chi connectivity index (χ0) is 12.5. The van der Waals surface area contributed by atoms with Crippen LogP contribution in [0, 0.1) is 0 Å². The minimum atomic E-state index is -4.58. The number of benzene rings is 1. The summed E-state index contributed by atoms with van der Waals surface area (Å²) >= 11 is 5.54. The first-order valence-electron chi connectivity index (χ1n) is 4.16. The Hall–Kier alpha value is -1.14. The predicted octanol–water partition coefficient (Wildman–Crippen LogP) is 2.62. The van der Waals surface area contributed by atoms with Crippen LogP contribution in [0.4, 0.5) is 13.2 Å². The van der Waals surface area contributed by atoms with Gasteiger partial charge in [0, 0.05) is 0 Å². The minimum absolute atomic E-state index is 0.151. The Kier molecular flexibility index (Phi) is 3.54. The molecular weight excluding hydrogens is 247 g/mol. The lowest BCUT2D eigenvalue weighted by molar-refractivity contribution is -0.149. The average molecular weight is 256 g/mol. The molecule has 0 aliphatic carbocycles. The Balaban J connectivity index is 3.21. The fraction of sp³-hybridized carbons (Fsp3) is 0.333. The van der Waals surface area contributed by atoms with Crippen LogP contribution in [0.1, 0.15) is 11.6 Å². The largest absolute Gasteiger partial charge is 0.503 e.